The van der Waals surface area contributed by atoms with E-state index in [4.69, 9.17) is 0 Å². The molecule has 0 atom stereocenters. The molecule has 4 aromatic rings. The maximum absolute atomic E-state index is 2.30. The van der Waals surface area contributed by atoms with Crippen molar-refractivity contribution in [1.82, 2.24) is 0 Å². The van der Waals surface area contributed by atoms with Gasteiger partial charge in [-0.1, -0.05) is 87.5 Å². The van der Waals surface area contributed by atoms with Gasteiger partial charge in [-0.2, -0.15) is 0 Å². The van der Waals surface area contributed by atoms with Crippen LogP contribution in [0.2, 0.25) is 0 Å². The van der Waals surface area contributed by atoms with E-state index in [-0.39, 0.29) is 0 Å². The largest absolute Gasteiger partial charge is 0.311 e. The Morgan fingerprint density at radius 1 is 0.600 bits per heavy atom. The lowest BCUT2D eigenvalue weighted by Crippen LogP contribution is -2.09. The van der Waals surface area contributed by atoms with E-state index in [1.807, 2.05) is 0 Å². The smallest absolute Gasteiger partial charge is 0.0462 e. The van der Waals surface area contributed by atoms with Gasteiger partial charge in [0.15, 0.2) is 0 Å². The lowest BCUT2D eigenvalue weighted by molar-refractivity contribution is 0.847. The van der Waals surface area contributed by atoms with E-state index in [2.05, 4.69) is 129 Å². The quantitative estimate of drug-likeness (QED) is 0.318. The molecule has 0 saturated heterocycles. The minimum absolute atomic E-state index is 0.501. The zero-order chi connectivity index (χ0) is 20.9. The van der Waals surface area contributed by atoms with Crippen molar-refractivity contribution in [3.63, 3.8) is 0 Å². The molecule has 0 unspecified atom stereocenters. The average Bonchev–Trinajstić information content (AvgIpc) is 2.80. The van der Waals surface area contributed by atoms with Crippen LogP contribution in [0.3, 0.4) is 0 Å². The molecule has 4 rings (SSSR count). The van der Waals surface area contributed by atoms with Crippen LogP contribution in [0.25, 0.3) is 11.1 Å². The molecule has 0 spiro atoms. The van der Waals surface area contributed by atoms with Gasteiger partial charge in [0.25, 0.3) is 0 Å². The normalized spacial score (nSPS) is 10.9. The van der Waals surface area contributed by atoms with Crippen molar-refractivity contribution in [3.05, 3.63) is 114 Å². The SMILES string of the molecule is CCc1cccc(-c2ccc(N(c3ccccc3)c3ccccc3)cc2)c1C(C)C. The molecule has 0 radical (unpaired) electrons. The van der Waals surface area contributed by atoms with Crippen LogP contribution in [0.15, 0.2) is 103 Å². The standard InChI is InChI=1S/C29H29N/c1-4-23-12-11-17-28(29(23)22(2)3)24-18-20-27(21-19-24)30(25-13-7-5-8-14-25)26-15-9-6-10-16-26/h5-22H,4H2,1-3H3. The number of hydrogen-bond acceptors (Lipinski definition) is 1. The molecule has 0 fully saturated rings. The van der Waals surface area contributed by atoms with Gasteiger partial charge in [-0.25, -0.2) is 0 Å². The van der Waals surface area contributed by atoms with Crippen LogP contribution in [0.1, 0.15) is 37.8 Å². The fraction of sp³-hybridized carbons (Fsp3) is 0.172. The van der Waals surface area contributed by atoms with E-state index >= 15 is 0 Å². The van der Waals surface area contributed by atoms with Gasteiger partial charge in [-0.3, -0.25) is 0 Å². The minimum atomic E-state index is 0.501. The van der Waals surface area contributed by atoms with Crippen LogP contribution in [0, 0.1) is 0 Å². The molecule has 0 aliphatic rings. The summed E-state index contributed by atoms with van der Waals surface area (Å²) in [5, 5.41) is 0. The van der Waals surface area contributed by atoms with Crippen molar-refractivity contribution >= 4 is 17.1 Å². The second-order valence-electron chi connectivity index (χ2n) is 7.94. The summed E-state index contributed by atoms with van der Waals surface area (Å²) in [5.41, 5.74) is 9.02. The molecule has 4 aromatic carbocycles. The molecule has 0 aromatic heterocycles. The van der Waals surface area contributed by atoms with Gasteiger partial charge in [0, 0.05) is 17.1 Å². The number of benzene rings is 4. The lowest BCUT2D eigenvalue weighted by Gasteiger charge is -2.26. The van der Waals surface area contributed by atoms with Gasteiger partial charge in [-0.05, 0) is 71.0 Å². The second kappa shape index (κ2) is 9.00. The zero-order valence-corrected chi connectivity index (χ0v) is 18.0. The van der Waals surface area contributed by atoms with E-state index < -0.39 is 0 Å². The van der Waals surface area contributed by atoms with Gasteiger partial charge in [0.2, 0.25) is 0 Å². The van der Waals surface area contributed by atoms with E-state index in [1.54, 1.807) is 0 Å². The third kappa shape index (κ3) is 4.02. The Bertz CT molecular complexity index is 1040. The summed E-state index contributed by atoms with van der Waals surface area (Å²) in [4.78, 5) is 2.30. The van der Waals surface area contributed by atoms with Crippen LogP contribution in [-0.2, 0) is 6.42 Å². The van der Waals surface area contributed by atoms with Crippen LogP contribution < -0.4 is 4.90 Å². The van der Waals surface area contributed by atoms with Gasteiger partial charge in [0.05, 0.1) is 0 Å². The minimum Gasteiger partial charge on any atom is -0.311 e. The highest BCUT2D eigenvalue weighted by atomic mass is 15.1. The number of aryl methyl sites for hydroxylation is 1. The molecule has 1 nitrogen and oxygen atoms in total. The Morgan fingerprint density at radius 3 is 1.63 bits per heavy atom. The van der Waals surface area contributed by atoms with E-state index in [0.29, 0.717) is 5.92 Å². The molecule has 0 heterocycles. The van der Waals surface area contributed by atoms with Gasteiger partial charge >= 0.3 is 0 Å². The Kier molecular flexibility index (Phi) is 5.99. The summed E-state index contributed by atoms with van der Waals surface area (Å²) in [7, 11) is 0. The molecule has 0 aliphatic heterocycles. The fourth-order valence-electron chi connectivity index (χ4n) is 4.25. The lowest BCUT2D eigenvalue weighted by atomic mass is 9.87. The maximum Gasteiger partial charge on any atom is 0.0462 e. The van der Waals surface area contributed by atoms with Crippen LogP contribution in [-0.4, -0.2) is 0 Å². The molecule has 0 bridgehead atoms. The van der Waals surface area contributed by atoms with E-state index in [1.165, 1.54) is 22.3 Å². The Morgan fingerprint density at radius 2 is 1.13 bits per heavy atom. The predicted molar refractivity (Wildman–Crippen MR) is 130 cm³/mol. The summed E-state index contributed by atoms with van der Waals surface area (Å²) in [6.07, 6.45) is 1.06. The second-order valence-corrected chi connectivity index (χ2v) is 7.94. The highest BCUT2D eigenvalue weighted by Crippen LogP contribution is 2.37. The summed E-state index contributed by atoms with van der Waals surface area (Å²) in [5.74, 6) is 0.501. The molecule has 0 amide bonds. The third-order valence-corrected chi connectivity index (χ3v) is 5.62. The molecule has 30 heavy (non-hydrogen) atoms. The number of rotatable bonds is 6. The molecule has 1 heteroatoms. The fourth-order valence-corrected chi connectivity index (χ4v) is 4.25. The summed E-state index contributed by atoms with van der Waals surface area (Å²) >= 11 is 0. The molecule has 0 N–H and O–H groups in total. The molecule has 0 saturated carbocycles. The Balaban J connectivity index is 1.77. The van der Waals surface area contributed by atoms with Crippen molar-refractivity contribution in [2.24, 2.45) is 0 Å². The highest BCUT2D eigenvalue weighted by molar-refractivity contribution is 5.79. The number of hydrogen-bond donors (Lipinski definition) is 0. The third-order valence-electron chi connectivity index (χ3n) is 5.62. The first-order valence-electron chi connectivity index (χ1n) is 10.8. The first kappa shape index (κ1) is 20.0. The van der Waals surface area contributed by atoms with Crippen molar-refractivity contribution in [1.29, 1.82) is 0 Å². The summed E-state index contributed by atoms with van der Waals surface area (Å²) < 4.78 is 0. The van der Waals surface area contributed by atoms with E-state index in [9.17, 15) is 0 Å². The monoisotopic (exact) mass is 391 g/mol. The number of nitrogens with zero attached hydrogens (tertiary/aromatic N) is 1. The van der Waals surface area contributed by atoms with E-state index in [0.717, 1.165) is 23.5 Å². The molecular formula is C29H29N. The summed E-state index contributed by atoms with van der Waals surface area (Å²) in [6, 6.07) is 36.8. The summed E-state index contributed by atoms with van der Waals surface area (Å²) in [6.45, 7) is 6.82. The van der Waals surface area contributed by atoms with Crippen LogP contribution >= 0.6 is 0 Å². The van der Waals surface area contributed by atoms with Crippen molar-refractivity contribution < 1.29 is 0 Å². The topological polar surface area (TPSA) is 3.24 Å². The van der Waals surface area contributed by atoms with Crippen molar-refractivity contribution in [2.45, 2.75) is 33.1 Å². The maximum atomic E-state index is 2.30. The number of para-hydroxylation sites is 2. The first-order valence-corrected chi connectivity index (χ1v) is 10.8. The van der Waals surface area contributed by atoms with Crippen LogP contribution in [0.4, 0.5) is 17.1 Å². The van der Waals surface area contributed by atoms with Gasteiger partial charge < -0.3 is 4.90 Å². The average molecular weight is 392 g/mol. The Hall–Kier alpha value is -3.32. The van der Waals surface area contributed by atoms with Crippen molar-refractivity contribution in [3.8, 4) is 11.1 Å². The van der Waals surface area contributed by atoms with Gasteiger partial charge in [-0.15, -0.1) is 0 Å². The Labute approximate surface area is 180 Å². The van der Waals surface area contributed by atoms with Gasteiger partial charge in [0.1, 0.15) is 0 Å². The molecular weight excluding hydrogens is 362 g/mol. The first-order chi connectivity index (χ1) is 14.7. The molecule has 150 valence electrons. The highest BCUT2D eigenvalue weighted by Gasteiger charge is 2.15. The zero-order valence-electron chi connectivity index (χ0n) is 18.0. The van der Waals surface area contributed by atoms with Crippen molar-refractivity contribution in [2.75, 3.05) is 4.90 Å². The predicted octanol–water partition coefficient (Wildman–Crippen LogP) is 8.51. The van der Waals surface area contributed by atoms with Crippen LogP contribution in [0.5, 0.6) is 0 Å². The number of anilines is 3. The molecule has 0 aliphatic carbocycles.